The number of anilines is 2. The van der Waals surface area contributed by atoms with Gasteiger partial charge in [0.1, 0.15) is 5.82 Å². The molecule has 0 aromatic heterocycles. The maximum Gasteiger partial charge on any atom is 0.243 e. The SMILES string of the molecule is O=C1CSc2cc(S(=O)(=O)N3CCN(c4ccccc4F)CC3)ccc2N1. The van der Waals surface area contributed by atoms with Crippen molar-refractivity contribution >= 4 is 39.1 Å². The molecule has 1 saturated heterocycles. The van der Waals surface area contributed by atoms with E-state index in [-0.39, 0.29) is 35.5 Å². The molecule has 142 valence electrons. The number of halogens is 1. The van der Waals surface area contributed by atoms with Gasteiger partial charge in [0.2, 0.25) is 15.9 Å². The van der Waals surface area contributed by atoms with Crippen LogP contribution >= 0.6 is 11.8 Å². The average Bonchev–Trinajstić information content (AvgIpc) is 2.68. The van der Waals surface area contributed by atoms with E-state index < -0.39 is 10.0 Å². The number of nitrogens with zero attached hydrogens (tertiary/aromatic N) is 2. The standard InChI is InChI=1S/C18H18FN3O3S2/c19-14-3-1-2-4-16(14)21-7-9-22(10-8-21)27(24,25)13-5-6-15-17(11-13)26-12-18(23)20-15/h1-6,11H,7-10,12H2,(H,20,23). The first-order valence-corrected chi connectivity index (χ1v) is 10.9. The summed E-state index contributed by atoms with van der Waals surface area (Å²) in [4.78, 5) is 14.3. The molecule has 4 rings (SSSR count). The van der Waals surface area contributed by atoms with Gasteiger partial charge in [-0.1, -0.05) is 12.1 Å². The third-order valence-electron chi connectivity index (χ3n) is 4.66. The van der Waals surface area contributed by atoms with Crippen LogP contribution in [0.3, 0.4) is 0 Å². The van der Waals surface area contributed by atoms with E-state index in [1.54, 1.807) is 30.3 Å². The molecule has 0 unspecified atom stereocenters. The van der Waals surface area contributed by atoms with Crippen molar-refractivity contribution in [1.82, 2.24) is 4.31 Å². The Morgan fingerprint density at radius 1 is 1.04 bits per heavy atom. The smallest absolute Gasteiger partial charge is 0.243 e. The van der Waals surface area contributed by atoms with Crippen LogP contribution in [0.5, 0.6) is 0 Å². The monoisotopic (exact) mass is 407 g/mol. The fraction of sp³-hybridized carbons (Fsp3) is 0.278. The van der Waals surface area contributed by atoms with Crippen molar-refractivity contribution in [2.24, 2.45) is 0 Å². The van der Waals surface area contributed by atoms with E-state index in [0.717, 1.165) is 4.90 Å². The van der Waals surface area contributed by atoms with Crippen molar-refractivity contribution < 1.29 is 17.6 Å². The second kappa shape index (κ2) is 7.14. The van der Waals surface area contributed by atoms with Crippen LogP contribution in [0.2, 0.25) is 0 Å². The van der Waals surface area contributed by atoms with Crippen molar-refractivity contribution in [1.29, 1.82) is 0 Å². The van der Waals surface area contributed by atoms with Gasteiger partial charge < -0.3 is 10.2 Å². The second-order valence-electron chi connectivity index (χ2n) is 6.34. The molecule has 2 aromatic rings. The molecule has 0 bridgehead atoms. The number of fused-ring (bicyclic) bond motifs is 1. The zero-order valence-corrected chi connectivity index (χ0v) is 16.0. The van der Waals surface area contributed by atoms with Crippen LogP contribution in [0.1, 0.15) is 0 Å². The largest absolute Gasteiger partial charge is 0.367 e. The van der Waals surface area contributed by atoms with Gasteiger partial charge in [-0.05, 0) is 30.3 Å². The van der Waals surface area contributed by atoms with E-state index in [1.165, 1.54) is 28.2 Å². The molecule has 2 aliphatic heterocycles. The van der Waals surface area contributed by atoms with E-state index in [2.05, 4.69) is 5.32 Å². The Labute approximate surface area is 161 Å². The van der Waals surface area contributed by atoms with Gasteiger partial charge in [0.05, 0.1) is 22.0 Å². The summed E-state index contributed by atoms with van der Waals surface area (Å²) >= 11 is 1.33. The lowest BCUT2D eigenvalue weighted by Crippen LogP contribution is -2.48. The number of piperazine rings is 1. The highest BCUT2D eigenvalue weighted by Gasteiger charge is 2.30. The van der Waals surface area contributed by atoms with Gasteiger partial charge >= 0.3 is 0 Å². The molecule has 1 amide bonds. The molecule has 27 heavy (non-hydrogen) atoms. The predicted molar refractivity (Wildman–Crippen MR) is 103 cm³/mol. The Morgan fingerprint density at radius 2 is 1.78 bits per heavy atom. The number of rotatable bonds is 3. The molecule has 0 spiro atoms. The first kappa shape index (κ1) is 18.3. The number of amides is 1. The van der Waals surface area contributed by atoms with E-state index in [0.29, 0.717) is 24.5 Å². The lowest BCUT2D eigenvalue weighted by atomic mass is 10.2. The number of carbonyl (C=O) groups excluding carboxylic acids is 1. The molecular formula is C18H18FN3O3S2. The summed E-state index contributed by atoms with van der Waals surface area (Å²) in [6.07, 6.45) is 0. The molecule has 0 atom stereocenters. The first-order chi connectivity index (χ1) is 12.9. The van der Waals surface area contributed by atoms with Gasteiger partial charge in [0.15, 0.2) is 0 Å². The summed E-state index contributed by atoms with van der Waals surface area (Å²) in [6.45, 7) is 1.43. The molecule has 0 aliphatic carbocycles. The molecule has 1 fully saturated rings. The molecule has 2 aromatic carbocycles. The molecule has 9 heteroatoms. The Balaban J connectivity index is 1.51. The number of nitrogens with one attached hydrogen (secondary N) is 1. The highest BCUT2D eigenvalue weighted by atomic mass is 32.2. The van der Waals surface area contributed by atoms with Crippen molar-refractivity contribution in [3.05, 3.63) is 48.3 Å². The second-order valence-corrected chi connectivity index (χ2v) is 9.29. The van der Waals surface area contributed by atoms with E-state index in [4.69, 9.17) is 0 Å². The average molecular weight is 407 g/mol. The lowest BCUT2D eigenvalue weighted by molar-refractivity contribution is -0.113. The molecule has 0 saturated carbocycles. The summed E-state index contributed by atoms with van der Waals surface area (Å²) in [7, 11) is -3.64. The summed E-state index contributed by atoms with van der Waals surface area (Å²) < 4.78 is 41.3. The quantitative estimate of drug-likeness (QED) is 0.846. The highest BCUT2D eigenvalue weighted by Crippen LogP contribution is 2.34. The fourth-order valence-electron chi connectivity index (χ4n) is 3.24. The number of thioether (sulfide) groups is 1. The van der Waals surface area contributed by atoms with Crippen molar-refractivity contribution in [3.63, 3.8) is 0 Å². The Hall–Kier alpha value is -2.10. The Bertz CT molecular complexity index is 989. The minimum Gasteiger partial charge on any atom is -0.367 e. The number of sulfonamides is 1. The molecule has 0 radical (unpaired) electrons. The van der Waals surface area contributed by atoms with Gasteiger partial charge in [-0.25, -0.2) is 12.8 Å². The van der Waals surface area contributed by atoms with Crippen LogP contribution in [0.25, 0.3) is 0 Å². The summed E-state index contributed by atoms with van der Waals surface area (Å²) in [5.74, 6) is -0.118. The van der Waals surface area contributed by atoms with Crippen molar-refractivity contribution in [2.75, 3.05) is 42.1 Å². The normalized spacial score (nSPS) is 18.1. The van der Waals surface area contributed by atoms with E-state index >= 15 is 0 Å². The van der Waals surface area contributed by atoms with Gasteiger partial charge in [-0.3, -0.25) is 4.79 Å². The van der Waals surface area contributed by atoms with Crippen LogP contribution < -0.4 is 10.2 Å². The van der Waals surface area contributed by atoms with Crippen molar-refractivity contribution in [2.45, 2.75) is 9.79 Å². The maximum atomic E-state index is 14.0. The number of hydrogen-bond acceptors (Lipinski definition) is 5. The van der Waals surface area contributed by atoms with Gasteiger partial charge in [0.25, 0.3) is 0 Å². The number of carbonyl (C=O) groups is 1. The summed E-state index contributed by atoms with van der Waals surface area (Å²) in [5.41, 5.74) is 1.13. The van der Waals surface area contributed by atoms with Gasteiger partial charge in [-0.2, -0.15) is 4.31 Å². The molecular weight excluding hydrogens is 389 g/mol. The minimum absolute atomic E-state index is 0.0904. The zero-order chi connectivity index (χ0) is 19.0. The Morgan fingerprint density at radius 3 is 2.52 bits per heavy atom. The fourth-order valence-corrected chi connectivity index (χ4v) is 5.61. The third-order valence-corrected chi connectivity index (χ3v) is 7.61. The molecule has 2 aliphatic rings. The highest BCUT2D eigenvalue weighted by molar-refractivity contribution is 8.00. The molecule has 6 nitrogen and oxygen atoms in total. The lowest BCUT2D eigenvalue weighted by Gasteiger charge is -2.35. The minimum atomic E-state index is -3.64. The van der Waals surface area contributed by atoms with E-state index in [9.17, 15) is 17.6 Å². The summed E-state index contributed by atoms with van der Waals surface area (Å²) in [5, 5.41) is 2.74. The number of para-hydroxylation sites is 1. The topological polar surface area (TPSA) is 69.7 Å². The zero-order valence-electron chi connectivity index (χ0n) is 14.4. The van der Waals surface area contributed by atoms with Crippen LogP contribution in [0, 0.1) is 5.82 Å². The van der Waals surface area contributed by atoms with Crippen LogP contribution in [-0.2, 0) is 14.8 Å². The van der Waals surface area contributed by atoms with Gasteiger partial charge in [0, 0.05) is 31.1 Å². The maximum absolute atomic E-state index is 14.0. The van der Waals surface area contributed by atoms with Crippen molar-refractivity contribution in [3.8, 4) is 0 Å². The predicted octanol–water partition coefficient (Wildman–Crippen LogP) is 2.38. The Kier molecular flexibility index (Phi) is 4.83. The third kappa shape index (κ3) is 3.54. The number of hydrogen-bond donors (Lipinski definition) is 1. The molecule has 1 N–H and O–H groups in total. The van der Waals surface area contributed by atoms with Gasteiger partial charge in [-0.15, -0.1) is 11.8 Å². The van der Waals surface area contributed by atoms with E-state index in [1.807, 2.05) is 4.90 Å². The van der Waals surface area contributed by atoms with Crippen LogP contribution in [-0.4, -0.2) is 50.6 Å². The number of benzene rings is 2. The molecule has 2 heterocycles. The first-order valence-electron chi connectivity index (χ1n) is 8.51. The van der Waals surface area contributed by atoms with Crippen LogP contribution in [0.15, 0.2) is 52.3 Å². The summed E-state index contributed by atoms with van der Waals surface area (Å²) in [6, 6.07) is 11.3. The van der Waals surface area contributed by atoms with Crippen LogP contribution in [0.4, 0.5) is 15.8 Å².